The first-order valence-corrected chi connectivity index (χ1v) is 8.89. The molecule has 2 aromatic heterocycles. The van der Waals surface area contributed by atoms with E-state index in [0.29, 0.717) is 38.3 Å². The first-order valence-electron chi connectivity index (χ1n) is 8.51. The zero-order chi connectivity index (χ0) is 19.0. The van der Waals surface area contributed by atoms with Crippen LogP contribution in [-0.2, 0) is 5.66 Å². The van der Waals surface area contributed by atoms with E-state index in [1.54, 1.807) is 12.3 Å². The molecule has 0 saturated carbocycles. The Morgan fingerprint density at radius 3 is 2.81 bits per heavy atom. The Hall–Kier alpha value is -2.89. The molecule has 1 amide bonds. The summed E-state index contributed by atoms with van der Waals surface area (Å²) >= 11 is 6.36. The fraction of sp³-hybridized carbons (Fsp3) is 0.333. The monoisotopic (exact) mass is 384 g/mol. The van der Waals surface area contributed by atoms with Crippen LogP contribution in [0, 0.1) is 12.3 Å². The number of amides is 1. The number of halogens is 1. The number of hydrogen-bond donors (Lipinski definition) is 2. The Labute approximate surface area is 160 Å². The minimum absolute atomic E-state index is 0.195. The summed E-state index contributed by atoms with van der Waals surface area (Å²) in [5.74, 6) is 2.76. The SMILES string of the molecule is C#CCN1CCC2(CC1)NC(=O)c1c(Cl)cc(Nc3ccncn3)c(=O)n12. The van der Waals surface area contributed by atoms with Gasteiger partial charge >= 0.3 is 0 Å². The Morgan fingerprint density at radius 1 is 1.37 bits per heavy atom. The van der Waals surface area contributed by atoms with Gasteiger partial charge in [0.2, 0.25) is 0 Å². The van der Waals surface area contributed by atoms with Gasteiger partial charge in [-0.15, -0.1) is 6.42 Å². The van der Waals surface area contributed by atoms with Crippen molar-refractivity contribution in [1.29, 1.82) is 0 Å². The molecule has 4 rings (SSSR count). The molecule has 2 aliphatic rings. The molecule has 0 unspecified atom stereocenters. The van der Waals surface area contributed by atoms with Crippen molar-refractivity contribution >= 4 is 29.0 Å². The zero-order valence-electron chi connectivity index (χ0n) is 14.4. The van der Waals surface area contributed by atoms with Gasteiger partial charge in [-0.2, -0.15) is 0 Å². The second kappa shape index (κ2) is 6.68. The third kappa shape index (κ3) is 2.95. The quantitative estimate of drug-likeness (QED) is 0.771. The van der Waals surface area contributed by atoms with Crippen molar-refractivity contribution in [2.75, 3.05) is 25.0 Å². The molecule has 0 radical (unpaired) electrons. The molecular formula is C18H17ClN6O2. The highest BCUT2D eigenvalue weighted by Crippen LogP contribution is 2.35. The molecule has 1 saturated heterocycles. The highest BCUT2D eigenvalue weighted by Gasteiger charge is 2.46. The maximum absolute atomic E-state index is 13.2. The third-order valence-corrected chi connectivity index (χ3v) is 5.27. The van der Waals surface area contributed by atoms with E-state index < -0.39 is 5.66 Å². The molecule has 138 valence electrons. The van der Waals surface area contributed by atoms with Gasteiger partial charge in [0, 0.05) is 32.1 Å². The number of hydrogen-bond acceptors (Lipinski definition) is 6. The summed E-state index contributed by atoms with van der Waals surface area (Å²) in [4.78, 5) is 35.8. The van der Waals surface area contributed by atoms with E-state index in [-0.39, 0.29) is 27.9 Å². The van der Waals surface area contributed by atoms with Gasteiger partial charge in [-0.25, -0.2) is 9.97 Å². The summed E-state index contributed by atoms with van der Waals surface area (Å²) in [5.41, 5.74) is -0.664. The second-order valence-electron chi connectivity index (χ2n) is 6.58. The third-order valence-electron chi connectivity index (χ3n) is 4.99. The van der Waals surface area contributed by atoms with E-state index in [2.05, 4.69) is 31.4 Å². The number of nitrogens with zero attached hydrogens (tertiary/aromatic N) is 4. The molecule has 8 nitrogen and oxygen atoms in total. The lowest BCUT2D eigenvalue weighted by molar-refractivity contribution is 0.0778. The molecule has 2 aliphatic heterocycles. The maximum Gasteiger partial charge on any atom is 0.276 e. The number of anilines is 2. The van der Waals surface area contributed by atoms with Gasteiger partial charge in [-0.05, 0) is 12.1 Å². The normalized spacial score (nSPS) is 18.0. The second-order valence-corrected chi connectivity index (χ2v) is 6.99. The topological polar surface area (TPSA) is 92.2 Å². The molecule has 0 atom stereocenters. The van der Waals surface area contributed by atoms with E-state index in [1.165, 1.54) is 17.0 Å². The van der Waals surface area contributed by atoms with Gasteiger partial charge in [0.25, 0.3) is 11.5 Å². The summed E-state index contributed by atoms with van der Waals surface area (Å²) in [6.07, 6.45) is 9.47. The van der Waals surface area contributed by atoms with Crippen molar-refractivity contribution in [3.05, 3.63) is 45.7 Å². The van der Waals surface area contributed by atoms with Gasteiger partial charge in [0.15, 0.2) is 0 Å². The van der Waals surface area contributed by atoms with E-state index in [4.69, 9.17) is 18.0 Å². The van der Waals surface area contributed by atoms with Crippen LogP contribution in [0.1, 0.15) is 23.3 Å². The molecule has 0 bridgehead atoms. The van der Waals surface area contributed by atoms with E-state index in [0.717, 1.165) is 0 Å². The zero-order valence-corrected chi connectivity index (χ0v) is 15.2. The fourth-order valence-electron chi connectivity index (χ4n) is 3.68. The smallest absolute Gasteiger partial charge is 0.276 e. The summed E-state index contributed by atoms with van der Waals surface area (Å²) in [7, 11) is 0. The van der Waals surface area contributed by atoms with Gasteiger partial charge < -0.3 is 10.6 Å². The first kappa shape index (κ1) is 17.5. The van der Waals surface area contributed by atoms with Crippen LogP contribution in [0.25, 0.3) is 0 Å². The van der Waals surface area contributed by atoms with Crippen molar-refractivity contribution in [1.82, 2.24) is 24.8 Å². The summed E-state index contributed by atoms with van der Waals surface area (Å²) in [5, 5.41) is 6.16. The minimum Gasteiger partial charge on any atom is -0.336 e. The molecular weight excluding hydrogens is 368 g/mol. The van der Waals surface area contributed by atoms with Crippen LogP contribution in [0.4, 0.5) is 11.5 Å². The molecule has 0 aliphatic carbocycles. The average Bonchev–Trinajstić information content (AvgIpc) is 2.95. The maximum atomic E-state index is 13.2. The lowest BCUT2D eigenvalue weighted by Gasteiger charge is -2.39. The Bertz CT molecular complexity index is 989. The van der Waals surface area contributed by atoms with Crippen LogP contribution in [0.5, 0.6) is 0 Å². The fourth-order valence-corrected chi connectivity index (χ4v) is 3.96. The van der Waals surface area contributed by atoms with Crippen LogP contribution in [-0.4, -0.2) is 45.0 Å². The first-order chi connectivity index (χ1) is 13.0. The molecule has 1 fully saturated rings. The lowest BCUT2D eigenvalue weighted by atomic mass is 9.97. The number of rotatable bonds is 3. The molecule has 2 aromatic rings. The van der Waals surface area contributed by atoms with Crippen molar-refractivity contribution in [3.8, 4) is 12.3 Å². The van der Waals surface area contributed by atoms with E-state index in [9.17, 15) is 9.59 Å². The van der Waals surface area contributed by atoms with Crippen LogP contribution in [0.2, 0.25) is 5.02 Å². The molecule has 9 heteroatoms. The number of aromatic nitrogens is 3. The summed E-state index contributed by atoms with van der Waals surface area (Å²) in [6, 6.07) is 3.10. The Balaban J connectivity index is 1.75. The Kier molecular flexibility index (Phi) is 4.34. The van der Waals surface area contributed by atoms with Gasteiger partial charge in [-0.3, -0.25) is 19.1 Å². The van der Waals surface area contributed by atoms with Gasteiger partial charge in [0.1, 0.15) is 29.2 Å². The number of carbonyl (C=O) groups is 1. The molecule has 27 heavy (non-hydrogen) atoms. The van der Waals surface area contributed by atoms with Gasteiger partial charge in [0.05, 0.1) is 11.6 Å². The van der Waals surface area contributed by atoms with Gasteiger partial charge in [-0.1, -0.05) is 17.5 Å². The van der Waals surface area contributed by atoms with E-state index in [1.807, 2.05) is 0 Å². The van der Waals surface area contributed by atoms with Crippen LogP contribution >= 0.6 is 11.6 Å². The highest BCUT2D eigenvalue weighted by atomic mass is 35.5. The molecule has 2 N–H and O–H groups in total. The van der Waals surface area contributed by atoms with Crippen molar-refractivity contribution < 1.29 is 4.79 Å². The predicted molar refractivity (Wildman–Crippen MR) is 101 cm³/mol. The number of nitrogens with one attached hydrogen (secondary N) is 2. The number of likely N-dealkylation sites (tertiary alicyclic amines) is 1. The van der Waals surface area contributed by atoms with Crippen molar-refractivity contribution in [2.24, 2.45) is 0 Å². The number of fused-ring (bicyclic) bond motifs is 2. The Morgan fingerprint density at radius 2 is 2.15 bits per heavy atom. The van der Waals surface area contributed by atoms with Crippen LogP contribution in [0.15, 0.2) is 29.5 Å². The van der Waals surface area contributed by atoms with E-state index >= 15 is 0 Å². The number of terminal acetylenes is 1. The molecule has 0 aromatic carbocycles. The number of carbonyl (C=O) groups excluding carboxylic acids is 1. The number of pyridine rings is 1. The average molecular weight is 385 g/mol. The van der Waals surface area contributed by atoms with Crippen LogP contribution in [0.3, 0.4) is 0 Å². The van der Waals surface area contributed by atoms with Crippen molar-refractivity contribution in [3.63, 3.8) is 0 Å². The molecule has 4 heterocycles. The van der Waals surface area contributed by atoms with Crippen LogP contribution < -0.4 is 16.2 Å². The van der Waals surface area contributed by atoms with Crippen molar-refractivity contribution in [2.45, 2.75) is 18.5 Å². The summed E-state index contributed by atoms with van der Waals surface area (Å²) in [6.45, 7) is 1.90. The highest BCUT2D eigenvalue weighted by molar-refractivity contribution is 6.34. The lowest BCUT2D eigenvalue weighted by Crippen LogP contribution is -2.54. The summed E-state index contributed by atoms with van der Waals surface area (Å²) < 4.78 is 1.49. The minimum atomic E-state index is -0.790. The number of piperidine rings is 1. The standard InChI is InChI=1S/C18H17ClN6O2/c1-2-7-24-8-4-18(5-9-24)23-16(26)15-12(19)10-13(17(27)25(15)18)22-14-3-6-20-11-21-14/h1,3,6,10-11H,4-5,7-9H2,(H,23,26)(H,20,21,22). The largest absolute Gasteiger partial charge is 0.336 e. The predicted octanol–water partition coefficient (Wildman–Crippen LogP) is 1.16. The molecule has 1 spiro atoms.